The molecule has 0 radical (unpaired) electrons. The lowest BCUT2D eigenvalue weighted by Crippen LogP contribution is -2.15. The normalized spacial score (nSPS) is 10.9. The summed E-state index contributed by atoms with van der Waals surface area (Å²) in [5.41, 5.74) is 0.0322. The molecular weight excluding hydrogens is 308 g/mol. The first kappa shape index (κ1) is 16.1. The summed E-state index contributed by atoms with van der Waals surface area (Å²) < 4.78 is 15.8. The lowest BCUT2D eigenvalue weighted by atomic mass is 10.1. The molecule has 24 heavy (non-hydrogen) atoms. The van der Waals surface area contributed by atoms with Crippen LogP contribution in [0.15, 0.2) is 51.7 Å². The van der Waals surface area contributed by atoms with E-state index in [-0.39, 0.29) is 6.61 Å². The van der Waals surface area contributed by atoms with Gasteiger partial charge in [0, 0.05) is 11.5 Å². The van der Waals surface area contributed by atoms with E-state index < -0.39 is 11.6 Å². The predicted molar refractivity (Wildman–Crippen MR) is 91.4 cm³/mol. The molecule has 0 aliphatic heterocycles. The van der Waals surface area contributed by atoms with Crippen molar-refractivity contribution in [1.82, 2.24) is 0 Å². The van der Waals surface area contributed by atoms with Crippen LogP contribution in [0.5, 0.6) is 5.75 Å². The van der Waals surface area contributed by atoms with Gasteiger partial charge in [-0.2, -0.15) is 0 Å². The molecule has 2 aromatic carbocycles. The van der Waals surface area contributed by atoms with E-state index in [4.69, 9.17) is 13.9 Å². The van der Waals surface area contributed by atoms with Crippen LogP contribution < -0.4 is 10.4 Å². The summed E-state index contributed by atoms with van der Waals surface area (Å²) in [6.45, 7) is 2.25. The average molecular weight is 326 g/mol. The Morgan fingerprint density at radius 1 is 1.08 bits per heavy atom. The van der Waals surface area contributed by atoms with Crippen molar-refractivity contribution in [2.24, 2.45) is 0 Å². The summed E-state index contributed by atoms with van der Waals surface area (Å²) in [7, 11) is 0. The van der Waals surface area contributed by atoms with Crippen LogP contribution in [0.3, 0.4) is 0 Å². The highest BCUT2D eigenvalue weighted by Gasteiger charge is 2.09. The van der Waals surface area contributed by atoms with Gasteiger partial charge in [0.2, 0.25) is 0 Å². The molecule has 0 aliphatic carbocycles. The van der Waals surface area contributed by atoms with E-state index in [0.717, 1.165) is 23.6 Å². The third-order valence-corrected chi connectivity index (χ3v) is 3.71. The average Bonchev–Trinajstić information content (AvgIpc) is 2.60. The molecule has 1 aromatic heterocycles. The number of rotatable bonds is 6. The van der Waals surface area contributed by atoms with Crippen molar-refractivity contribution in [3.63, 3.8) is 0 Å². The van der Waals surface area contributed by atoms with E-state index >= 15 is 0 Å². The van der Waals surface area contributed by atoms with Gasteiger partial charge in [0.1, 0.15) is 11.3 Å². The molecule has 5 heteroatoms. The van der Waals surface area contributed by atoms with Crippen LogP contribution in [-0.4, -0.2) is 19.2 Å². The summed E-state index contributed by atoms with van der Waals surface area (Å²) in [5.74, 6) is 0.0388. The Bertz CT molecular complexity index is 926. The topological polar surface area (TPSA) is 65.7 Å². The summed E-state index contributed by atoms with van der Waals surface area (Å²) in [6, 6.07) is 12.5. The van der Waals surface area contributed by atoms with E-state index in [1.54, 1.807) is 24.3 Å². The maximum Gasteiger partial charge on any atom is 0.344 e. The van der Waals surface area contributed by atoms with Crippen LogP contribution in [0.25, 0.3) is 21.7 Å². The minimum absolute atomic E-state index is 0.174. The summed E-state index contributed by atoms with van der Waals surface area (Å²) >= 11 is 0. The van der Waals surface area contributed by atoms with E-state index in [2.05, 4.69) is 0 Å². The highest BCUT2D eigenvalue weighted by Crippen LogP contribution is 2.26. The first-order valence-corrected chi connectivity index (χ1v) is 7.93. The quantitative estimate of drug-likeness (QED) is 0.299. The Kier molecular flexibility index (Phi) is 4.79. The molecule has 0 N–H and O–H groups in total. The number of carbonyl (C=O) groups excluding carboxylic acids is 1. The number of hydrogen-bond acceptors (Lipinski definition) is 5. The van der Waals surface area contributed by atoms with E-state index in [1.807, 2.05) is 25.1 Å². The fourth-order valence-electron chi connectivity index (χ4n) is 2.46. The molecule has 0 saturated heterocycles. The lowest BCUT2D eigenvalue weighted by molar-refractivity contribution is -0.146. The second-order valence-electron chi connectivity index (χ2n) is 5.46. The Labute approximate surface area is 138 Å². The monoisotopic (exact) mass is 326 g/mol. The maximum atomic E-state index is 12.0. The molecule has 3 rings (SSSR count). The molecule has 0 atom stereocenters. The summed E-state index contributed by atoms with van der Waals surface area (Å²) in [4.78, 5) is 23.6. The fraction of sp³-hybridized carbons (Fsp3) is 0.263. The van der Waals surface area contributed by atoms with Gasteiger partial charge in [-0.25, -0.2) is 9.59 Å². The van der Waals surface area contributed by atoms with E-state index in [0.29, 0.717) is 23.3 Å². The number of carbonyl (C=O) groups is 1. The van der Waals surface area contributed by atoms with Crippen molar-refractivity contribution in [3.8, 4) is 5.75 Å². The van der Waals surface area contributed by atoms with E-state index in [9.17, 15) is 9.59 Å². The zero-order valence-electron chi connectivity index (χ0n) is 13.4. The van der Waals surface area contributed by atoms with Gasteiger partial charge in [-0.3, -0.25) is 0 Å². The Hall–Kier alpha value is -2.82. The van der Waals surface area contributed by atoms with Crippen molar-refractivity contribution < 1.29 is 18.7 Å². The molecule has 0 spiro atoms. The first-order chi connectivity index (χ1) is 11.7. The predicted octanol–water partition coefficient (Wildman–Crippen LogP) is 3.67. The molecule has 3 aromatic rings. The summed E-state index contributed by atoms with van der Waals surface area (Å²) in [6.07, 6.45) is 1.80. The second kappa shape index (κ2) is 7.17. The zero-order chi connectivity index (χ0) is 16.9. The number of fused-ring (bicyclic) bond motifs is 3. The number of benzene rings is 2. The van der Waals surface area contributed by atoms with Gasteiger partial charge in [-0.15, -0.1) is 0 Å². The van der Waals surface area contributed by atoms with Crippen LogP contribution in [0.2, 0.25) is 0 Å². The third-order valence-electron chi connectivity index (χ3n) is 3.71. The van der Waals surface area contributed by atoms with Crippen LogP contribution in [-0.2, 0) is 9.53 Å². The van der Waals surface area contributed by atoms with Gasteiger partial charge in [0.05, 0.1) is 12.0 Å². The minimum atomic E-state index is -0.413. The molecule has 1 heterocycles. The van der Waals surface area contributed by atoms with Gasteiger partial charge in [-0.1, -0.05) is 31.5 Å². The van der Waals surface area contributed by atoms with Crippen LogP contribution in [0.4, 0.5) is 0 Å². The Morgan fingerprint density at radius 3 is 2.67 bits per heavy atom. The standard InChI is InChI=1S/C19H18O5/c1-2-3-10-22-18(20)12-23-13-8-9-15-14-6-4-5-7-16(14)19(21)24-17(15)11-13/h4-9,11H,2-3,10,12H2,1H3. The lowest BCUT2D eigenvalue weighted by Gasteiger charge is -2.08. The number of hydrogen-bond donors (Lipinski definition) is 0. The minimum Gasteiger partial charge on any atom is -0.482 e. The SMILES string of the molecule is CCCCOC(=O)COc1ccc2c(c1)oc(=O)c1ccccc12. The van der Waals surface area contributed by atoms with Crippen LogP contribution in [0, 0.1) is 0 Å². The first-order valence-electron chi connectivity index (χ1n) is 7.93. The summed E-state index contributed by atoms with van der Waals surface area (Å²) in [5, 5.41) is 2.19. The fourth-order valence-corrected chi connectivity index (χ4v) is 2.46. The molecular formula is C19H18O5. The molecule has 0 amide bonds. The molecule has 0 saturated carbocycles. The number of esters is 1. The zero-order valence-corrected chi connectivity index (χ0v) is 13.4. The smallest absolute Gasteiger partial charge is 0.344 e. The van der Waals surface area contributed by atoms with Crippen molar-refractivity contribution in [2.75, 3.05) is 13.2 Å². The third kappa shape index (κ3) is 3.40. The van der Waals surface area contributed by atoms with Crippen LogP contribution >= 0.6 is 0 Å². The molecule has 0 aliphatic rings. The molecule has 0 bridgehead atoms. The maximum absolute atomic E-state index is 12.0. The molecule has 0 fully saturated rings. The molecule has 0 unspecified atom stereocenters. The highest BCUT2D eigenvalue weighted by molar-refractivity contribution is 6.04. The number of ether oxygens (including phenoxy) is 2. The van der Waals surface area contributed by atoms with Gasteiger partial charge in [-0.05, 0) is 30.0 Å². The van der Waals surface area contributed by atoms with Crippen molar-refractivity contribution in [1.29, 1.82) is 0 Å². The van der Waals surface area contributed by atoms with Crippen LogP contribution in [0.1, 0.15) is 19.8 Å². The Balaban J connectivity index is 1.80. The Morgan fingerprint density at radius 2 is 1.88 bits per heavy atom. The van der Waals surface area contributed by atoms with E-state index in [1.165, 1.54) is 0 Å². The second-order valence-corrected chi connectivity index (χ2v) is 5.46. The molecule has 124 valence electrons. The van der Waals surface area contributed by atoms with Gasteiger partial charge in [0.15, 0.2) is 6.61 Å². The van der Waals surface area contributed by atoms with Crippen molar-refractivity contribution in [3.05, 3.63) is 52.9 Å². The van der Waals surface area contributed by atoms with Crippen molar-refractivity contribution >= 4 is 27.7 Å². The van der Waals surface area contributed by atoms with Gasteiger partial charge >= 0.3 is 11.6 Å². The largest absolute Gasteiger partial charge is 0.482 e. The highest BCUT2D eigenvalue weighted by atomic mass is 16.6. The van der Waals surface area contributed by atoms with Gasteiger partial charge < -0.3 is 13.9 Å². The molecule has 5 nitrogen and oxygen atoms in total. The van der Waals surface area contributed by atoms with Gasteiger partial charge in [0.25, 0.3) is 0 Å². The van der Waals surface area contributed by atoms with Crippen molar-refractivity contribution in [2.45, 2.75) is 19.8 Å². The number of unbranched alkanes of at least 4 members (excludes halogenated alkanes) is 1.